The number of nitrogens with one attached hydrogen (secondary N) is 1. The Kier molecular flexibility index (Phi) is 5.51. The number of hydrogen-bond donors (Lipinski definition) is 1. The molecule has 0 atom stereocenters. The third-order valence-electron chi connectivity index (χ3n) is 3.32. The van der Waals surface area contributed by atoms with E-state index in [1.807, 2.05) is 0 Å². The van der Waals surface area contributed by atoms with Crippen LogP contribution in [0.15, 0.2) is 24.3 Å². The molecule has 2 rings (SSSR count). The standard InChI is InChI=1S/C15H15F3N2O3S/c16-15(17,18)13-6-1-4-12(10-13)5-2-7-19-14(21)11-20-8-3-9-24(20,22)23/h1,4,6,10H,3,7-9,11H2,(H,19,21). The molecule has 0 aliphatic carbocycles. The monoisotopic (exact) mass is 360 g/mol. The molecule has 0 bridgehead atoms. The van der Waals surface area contributed by atoms with E-state index in [0.29, 0.717) is 13.0 Å². The van der Waals surface area contributed by atoms with Crippen LogP contribution < -0.4 is 5.32 Å². The molecule has 0 saturated carbocycles. The molecule has 24 heavy (non-hydrogen) atoms. The highest BCUT2D eigenvalue weighted by Gasteiger charge is 2.30. The van der Waals surface area contributed by atoms with Crippen LogP contribution in [0.4, 0.5) is 13.2 Å². The molecule has 0 radical (unpaired) electrons. The van der Waals surface area contributed by atoms with Crippen molar-refractivity contribution in [1.29, 1.82) is 0 Å². The lowest BCUT2D eigenvalue weighted by Gasteiger charge is -2.12. The van der Waals surface area contributed by atoms with E-state index >= 15 is 0 Å². The molecule has 1 fully saturated rings. The molecule has 1 amide bonds. The molecule has 1 aliphatic heterocycles. The molecule has 0 aromatic heterocycles. The number of rotatable bonds is 3. The minimum atomic E-state index is -4.44. The fraction of sp³-hybridized carbons (Fsp3) is 0.400. The predicted molar refractivity (Wildman–Crippen MR) is 81.3 cm³/mol. The lowest BCUT2D eigenvalue weighted by Crippen LogP contribution is -2.38. The average Bonchev–Trinajstić information content (AvgIpc) is 2.82. The first-order valence-electron chi connectivity index (χ1n) is 7.09. The van der Waals surface area contributed by atoms with Crippen LogP contribution in [0.3, 0.4) is 0 Å². The minimum Gasteiger partial charge on any atom is -0.344 e. The topological polar surface area (TPSA) is 66.5 Å². The van der Waals surface area contributed by atoms with Crippen LogP contribution in [0.2, 0.25) is 0 Å². The molecule has 130 valence electrons. The highest BCUT2D eigenvalue weighted by atomic mass is 32.2. The number of carbonyl (C=O) groups is 1. The second-order valence-electron chi connectivity index (χ2n) is 5.16. The fourth-order valence-corrected chi connectivity index (χ4v) is 3.62. The van der Waals surface area contributed by atoms with Crippen LogP contribution in [0.25, 0.3) is 0 Å². The molecule has 1 heterocycles. The Morgan fingerprint density at radius 2 is 2.08 bits per heavy atom. The summed E-state index contributed by atoms with van der Waals surface area (Å²) in [4.78, 5) is 11.6. The van der Waals surface area contributed by atoms with Gasteiger partial charge < -0.3 is 5.32 Å². The number of sulfonamides is 1. The van der Waals surface area contributed by atoms with Crippen molar-refractivity contribution in [3.05, 3.63) is 35.4 Å². The smallest absolute Gasteiger partial charge is 0.344 e. The molecule has 1 aromatic carbocycles. The predicted octanol–water partition coefficient (Wildman–Crippen LogP) is 1.21. The van der Waals surface area contributed by atoms with Crippen LogP contribution in [0.5, 0.6) is 0 Å². The maximum atomic E-state index is 12.6. The number of carbonyl (C=O) groups excluding carboxylic acids is 1. The Morgan fingerprint density at radius 1 is 1.33 bits per heavy atom. The Hall–Kier alpha value is -2.05. The van der Waals surface area contributed by atoms with E-state index in [1.54, 1.807) is 0 Å². The highest BCUT2D eigenvalue weighted by Crippen LogP contribution is 2.29. The van der Waals surface area contributed by atoms with Crippen molar-refractivity contribution >= 4 is 15.9 Å². The van der Waals surface area contributed by atoms with Crippen LogP contribution in [-0.4, -0.2) is 44.0 Å². The SMILES string of the molecule is O=C(CN1CCCS1(=O)=O)NCC#Cc1cccc(C(F)(F)F)c1. The summed E-state index contributed by atoms with van der Waals surface area (Å²) in [5, 5.41) is 2.42. The van der Waals surface area contributed by atoms with Gasteiger partial charge >= 0.3 is 6.18 Å². The zero-order valence-corrected chi connectivity index (χ0v) is 13.4. The largest absolute Gasteiger partial charge is 0.416 e. The van der Waals surface area contributed by atoms with Gasteiger partial charge in [0, 0.05) is 12.1 Å². The van der Waals surface area contributed by atoms with Gasteiger partial charge in [0.25, 0.3) is 0 Å². The first-order chi connectivity index (χ1) is 11.2. The van der Waals surface area contributed by atoms with Crippen molar-refractivity contribution in [2.75, 3.05) is 25.4 Å². The molecule has 0 unspecified atom stereocenters. The van der Waals surface area contributed by atoms with Crippen molar-refractivity contribution < 1.29 is 26.4 Å². The summed E-state index contributed by atoms with van der Waals surface area (Å²) in [5.74, 6) is 4.60. The molecule has 1 aliphatic rings. The van der Waals surface area contributed by atoms with E-state index in [0.717, 1.165) is 16.4 Å². The van der Waals surface area contributed by atoms with Crippen molar-refractivity contribution in [1.82, 2.24) is 9.62 Å². The number of nitrogens with zero attached hydrogens (tertiary/aromatic N) is 1. The van der Waals surface area contributed by atoms with Gasteiger partial charge in [-0.1, -0.05) is 17.9 Å². The Bertz CT molecular complexity index is 779. The van der Waals surface area contributed by atoms with E-state index in [9.17, 15) is 26.4 Å². The number of hydrogen-bond acceptors (Lipinski definition) is 3. The number of alkyl halides is 3. The van der Waals surface area contributed by atoms with Crippen LogP contribution >= 0.6 is 0 Å². The van der Waals surface area contributed by atoms with Gasteiger partial charge in [0.2, 0.25) is 15.9 Å². The van der Waals surface area contributed by atoms with Crippen molar-refractivity contribution in [3.8, 4) is 11.8 Å². The maximum absolute atomic E-state index is 12.6. The zero-order chi connectivity index (χ0) is 17.8. The second kappa shape index (κ2) is 7.23. The van der Waals surface area contributed by atoms with Crippen LogP contribution in [-0.2, 0) is 21.0 Å². The Balaban J connectivity index is 1.87. The van der Waals surface area contributed by atoms with Gasteiger partial charge in [0.15, 0.2) is 0 Å². The summed E-state index contributed by atoms with van der Waals surface area (Å²) < 4.78 is 61.9. The van der Waals surface area contributed by atoms with Crippen molar-refractivity contribution in [2.24, 2.45) is 0 Å². The van der Waals surface area contributed by atoms with Crippen molar-refractivity contribution in [2.45, 2.75) is 12.6 Å². The number of halogens is 3. The highest BCUT2D eigenvalue weighted by molar-refractivity contribution is 7.89. The summed E-state index contributed by atoms with van der Waals surface area (Å²) in [7, 11) is -3.34. The molecular weight excluding hydrogens is 345 g/mol. The van der Waals surface area contributed by atoms with Gasteiger partial charge in [0.05, 0.1) is 24.4 Å². The van der Waals surface area contributed by atoms with E-state index < -0.39 is 27.7 Å². The first-order valence-corrected chi connectivity index (χ1v) is 8.70. The van der Waals surface area contributed by atoms with Gasteiger partial charge in [-0.25, -0.2) is 8.42 Å². The fourth-order valence-electron chi connectivity index (χ4n) is 2.15. The van der Waals surface area contributed by atoms with E-state index in [4.69, 9.17) is 0 Å². The quantitative estimate of drug-likeness (QED) is 0.824. The van der Waals surface area contributed by atoms with Crippen LogP contribution in [0, 0.1) is 11.8 Å². The van der Waals surface area contributed by atoms with E-state index in [1.165, 1.54) is 12.1 Å². The number of benzene rings is 1. The molecule has 9 heteroatoms. The van der Waals surface area contributed by atoms with Gasteiger partial charge in [-0.05, 0) is 24.6 Å². The van der Waals surface area contributed by atoms with Gasteiger partial charge in [-0.15, -0.1) is 0 Å². The minimum absolute atomic E-state index is 0.0373. The summed E-state index contributed by atoms with van der Waals surface area (Å²) in [6, 6.07) is 4.56. The second-order valence-corrected chi connectivity index (χ2v) is 7.25. The summed E-state index contributed by atoms with van der Waals surface area (Å²) >= 11 is 0. The average molecular weight is 360 g/mol. The summed E-state index contributed by atoms with van der Waals surface area (Å²) in [5.41, 5.74) is -0.612. The normalized spacial score (nSPS) is 17.1. The summed E-state index contributed by atoms with van der Waals surface area (Å²) in [6.07, 6.45) is -3.95. The van der Waals surface area contributed by atoms with Crippen LogP contribution in [0.1, 0.15) is 17.5 Å². The third-order valence-corrected chi connectivity index (χ3v) is 5.22. The van der Waals surface area contributed by atoms with Gasteiger partial charge in [-0.3, -0.25) is 4.79 Å². The molecule has 1 aromatic rings. The van der Waals surface area contributed by atoms with Crippen molar-refractivity contribution in [3.63, 3.8) is 0 Å². The molecule has 5 nitrogen and oxygen atoms in total. The van der Waals surface area contributed by atoms with Gasteiger partial charge in [-0.2, -0.15) is 17.5 Å². The molecular formula is C15H15F3N2O3S. The summed E-state index contributed by atoms with van der Waals surface area (Å²) in [6.45, 7) is -0.0395. The zero-order valence-electron chi connectivity index (χ0n) is 12.6. The molecule has 0 spiro atoms. The number of amides is 1. The lowest BCUT2D eigenvalue weighted by molar-refractivity contribution is -0.137. The van der Waals surface area contributed by atoms with E-state index in [2.05, 4.69) is 17.2 Å². The Labute approximate surface area is 137 Å². The van der Waals surface area contributed by atoms with E-state index in [-0.39, 0.29) is 24.4 Å². The Morgan fingerprint density at radius 3 is 2.71 bits per heavy atom. The van der Waals surface area contributed by atoms with Gasteiger partial charge in [0.1, 0.15) is 0 Å². The molecule has 1 saturated heterocycles. The third kappa shape index (κ3) is 4.97. The lowest BCUT2D eigenvalue weighted by atomic mass is 10.1. The first kappa shape index (κ1) is 18.3. The molecule has 1 N–H and O–H groups in total. The maximum Gasteiger partial charge on any atom is 0.416 e.